The number of anilines is 1. The average molecular weight is 427 g/mol. The Morgan fingerprint density at radius 1 is 1.03 bits per heavy atom. The summed E-state index contributed by atoms with van der Waals surface area (Å²) in [6, 6.07) is 6.56. The molecule has 1 aromatic rings. The largest absolute Gasteiger partial charge is 0.456 e. The highest BCUT2D eigenvalue weighted by Crippen LogP contribution is 2.60. The van der Waals surface area contributed by atoms with Gasteiger partial charge in [-0.15, -0.1) is 0 Å². The molecule has 2 N–H and O–H groups in total. The van der Waals surface area contributed by atoms with Gasteiger partial charge in [-0.1, -0.05) is 12.1 Å². The standard InChI is InChI=1S/C24H30N2O5/c1-15(27)19-3-2-4-20(10-19)26-21(28)14-31-22(29)5-6-25-23(30)24-11-16-7-17(12-24)9-18(8-16)13-24/h2-4,10,16-18H,5-9,11-14H2,1H3,(H,25,30)(H,26,28). The summed E-state index contributed by atoms with van der Waals surface area (Å²) in [5, 5.41) is 5.55. The first-order valence-corrected chi connectivity index (χ1v) is 11.2. The van der Waals surface area contributed by atoms with Crippen LogP contribution in [0.25, 0.3) is 0 Å². The molecule has 0 radical (unpaired) electrons. The molecule has 5 rings (SSSR count). The number of ether oxygens (including phenoxy) is 1. The Morgan fingerprint density at radius 2 is 1.68 bits per heavy atom. The molecule has 7 heteroatoms. The maximum absolute atomic E-state index is 12.9. The van der Waals surface area contributed by atoms with Gasteiger partial charge in [0.15, 0.2) is 12.4 Å². The summed E-state index contributed by atoms with van der Waals surface area (Å²) in [6.07, 6.45) is 6.83. The zero-order valence-electron chi connectivity index (χ0n) is 17.9. The van der Waals surface area contributed by atoms with Crippen LogP contribution < -0.4 is 10.6 Å². The quantitative estimate of drug-likeness (QED) is 0.491. The lowest BCUT2D eigenvalue weighted by Crippen LogP contribution is -2.53. The summed E-state index contributed by atoms with van der Waals surface area (Å²) in [6.45, 7) is 1.26. The molecule has 4 bridgehead atoms. The van der Waals surface area contributed by atoms with E-state index < -0.39 is 18.5 Å². The minimum Gasteiger partial charge on any atom is -0.456 e. The van der Waals surface area contributed by atoms with Crippen molar-refractivity contribution in [3.63, 3.8) is 0 Å². The Morgan fingerprint density at radius 3 is 2.29 bits per heavy atom. The summed E-state index contributed by atoms with van der Waals surface area (Å²) in [4.78, 5) is 48.3. The van der Waals surface area contributed by atoms with Crippen molar-refractivity contribution in [3.8, 4) is 0 Å². The van der Waals surface area contributed by atoms with E-state index in [9.17, 15) is 19.2 Å². The van der Waals surface area contributed by atoms with E-state index in [4.69, 9.17) is 4.74 Å². The zero-order chi connectivity index (χ0) is 22.0. The Kier molecular flexibility index (Phi) is 6.12. The number of rotatable bonds is 8. The lowest BCUT2D eigenvalue weighted by Gasteiger charge is -2.55. The monoisotopic (exact) mass is 426 g/mol. The molecule has 4 aliphatic rings. The van der Waals surface area contributed by atoms with Crippen molar-refractivity contribution in [3.05, 3.63) is 29.8 Å². The fourth-order valence-electron chi connectivity index (χ4n) is 6.09. The second-order valence-electron chi connectivity index (χ2n) is 9.55. The first kappa shape index (κ1) is 21.5. The first-order valence-electron chi connectivity index (χ1n) is 11.2. The molecule has 0 saturated heterocycles. The molecule has 0 aliphatic heterocycles. The molecule has 4 aliphatic carbocycles. The summed E-state index contributed by atoms with van der Waals surface area (Å²) >= 11 is 0. The number of hydrogen-bond acceptors (Lipinski definition) is 5. The third-order valence-corrected chi connectivity index (χ3v) is 7.05. The topological polar surface area (TPSA) is 102 Å². The molecule has 0 spiro atoms. The van der Waals surface area contributed by atoms with Gasteiger partial charge >= 0.3 is 5.97 Å². The SMILES string of the molecule is CC(=O)c1cccc(NC(=O)COC(=O)CCNC(=O)C23CC4CC(CC(C4)C2)C3)c1. The molecule has 7 nitrogen and oxygen atoms in total. The second-order valence-corrected chi connectivity index (χ2v) is 9.55. The van der Waals surface area contributed by atoms with E-state index in [1.165, 1.54) is 26.2 Å². The van der Waals surface area contributed by atoms with Crippen LogP contribution in [0.15, 0.2) is 24.3 Å². The Balaban J connectivity index is 1.17. The second kappa shape index (κ2) is 8.81. The molecular formula is C24H30N2O5. The van der Waals surface area contributed by atoms with Gasteiger partial charge in [0.2, 0.25) is 5.91 Å². The zero-order valence-corrected chi connectivity index (χ0v) is 17.9. The van der Waals surface area contributed by atoms with Crippen LogP contribution in [0.1, 0.15) is 62.2 Å². The van der Waals surface area contributed by atoms with Gasteiger partial charge in [-0.05, 0) is 75.3 Å². The Bertz CT molecular complexity index is 858. The van der Waals surface area contributed by atoms with Gasteiger partial charge in [-0.3, -0.25) is 19.2 Å². The Labute approximate surface area is 182 Å². The van der Waals surface area contributed by atoms with Crippen LogP contribution in [0.3, 0.4) is 0 Å². The number of Topliss-reactive ketones (excluding diaryl/α,β-unsaturated/α-hetero) is 1. The fourth-order valence-corrected chi connectivity index (χ4v) is 6.09. The average Bonchev–Trinajstić information content (AvgIpc) is 2.71. The van der Waals surface area contributed by atoms with Crippen LogP contribution in [0.4, 0.5) is 5.69 Å². The maximum atomic E-state index is 12.9. The van der Waals surface area contributed by atoms with Crippen molar-refractivity contribution < 1.29 is 23.9 Å². The third kappa shape index (κ3) is 4.97. The minimum absolute atomic E-state index is 0.0329. The van der Waals surface area contributed by atoms with Gasteiger partial charge < -0.3 is 15.4 Å². The number of carbonyl (C=O) groups is 4. The van der Waals surface area contributed by atoms with Crippen molar-refractivity contribution in [1.29, 1.82) is 0 Å². The predicted molar refractivity (Wildman–Crippen MR) is 114 cm³/mol. The molecule has 4 saturated carbocycles. The van der Waals surface area contributed by atoms with Crippen molar-refractivity contribution in [2.45, 2.75) is 51.9 Å². The van der Waals surface area contributed by atoms with Crippen LogP contribution in [0.5, 0.6) is 0 Å². The number of amides is 2. The van der Waals surface area contributed by atoms with Crippen LogP contribution in [-0.4, -0.2) is 36.7 Å². The molecule has 31 heavy (non-hydrogen) atoms. The van der Waals surface area contributed by atoms with E-state index in [1.807, 2.05) is 0 Å². The minimum atomic E-state index is -0.529. The van der Waals surface area contributed by atoms with E-state index in [0.717, 1.165) is 19.3 Å². The number of esters is 1. The number of nitrogens with one attached hydrogen (secondary N) is 2. The fraction of sp³-hybridized carbons (Fsp3) is 0.583. The van der Waals surface area contributed by atoms with Gasteiger partial charge in [-0.25, -0.2) is 0 Å². The summed E-state index contributed by atoms with van der Waals surface area (Å²) in [5.41, 5.74) is 0.730. The van der Waals surface area contributed by atoms with Crippen molar-refractivity contribution >= 4 is 29.3 Å². The molecule has 1 aromatic carbocycles. The molecule has 0 atom stereocenters. The van der Waals surface area contributed by atoms with Crippen molar-refractivity contribution in [2.75, 3.05) is 18.5 Å². The number of ketones is 1. The third-order valence-electron chi connectivity index (χ3n) is 7.05. The highest BCUT2D eigenvalue weighted by atomic mass is 16.5. The van der Waals surface area contributed by atoms with Gasteiger partial charge in [0.1, 0.15) is 0 Å². The van der Waals surface area contributed by atoms with Gasteiger partial charge in [0, 0.05) is 23.2 Å². The highest BCUT2D eigenvalue weighted by Gasteiger charge is 2.54. The first-order chi connectivity index (χ1) is 14.8. The van der Waals surface area contributed by atoms with Crippen LogP contribution in [-0.2, 0) is 19.1 Å². The number of hydrogen-bond donors (Lipinski definition) is 2. The molecular weight excluding hydrogens is 396 g/mol. The lowest BCUT2D eigenvalue weighted by atomic mass is 9.49. The molecule has 0 aromatic heterocycles. The maximum Gasteiger partial charge on any atom is 0.308 e. The molecule has 0 unspecified atom stereocenters. The normalized spacial score (nSPS) is 28.1. The molecule has 166 valence electrons. The van der Waals surface area contributed by atoms with Gasteiger partial charge in [0.05, 0.1) is 6.42 Å². The Hall–Kier alpha value is -2.70. The van der Waals surface area contributed by atoms with Crippen LogP contribution in [0, 0.1) is 23.2 Å². The van der Waals surface area contributed by atoms with Gasteiger partial charge in [0.25, 0.3) is 5.91 Å². The van der Waals surface area contributed by atoms with Crippen LogP contribution in [0.2, 0.25) is 0 Å². The van der Waals surface area contributed by atoms with E-state index in [2.05, 4.69) is 10.6 Å². The number of benzene rings is 1. The molecule has 0 heterocycles. The predicted octanol–water partition coefficient (Wildman–Crippen LogP) is 3.09. The van der Waals surface area contributed by atoms with Crippen molar-refractivity contribution in [1.82, 2.24) is 5.32 Å². The van der Waals surface area contributed by atoms with Gasteiger partial charge in [-0.2, -0.15) is 0 Å². The molecule has 2 amide bonds. The van der Waals surface area contributed by atoms with E-state index in [1.54, 1.807) is 24.3 Å². The van der Waals surface area contributed by atoms with Crippen LogP contribution >= 0.6 is 0 Å². The van der Waals surface area contributed by atoms with E-state index >= 15 is 0 Å². The summed E-state index contributed by atoms with van der Waals surface area (Å²) in [5.74, 6) is 1.05. The number of carbonyl (C=O) groups excluding carboxylic acids is 4. The summed E-state index contributed by atoms with van der Waals surface area (Å²) < 4.78 is 5.02. The van der Waals surface area contributed by atoms with E-state index in [-0.39, 0.29) is 30.1 Å². The lowest BCUT2D eigenvalue weighted by molar-refractivity contribution is -0.148. The highest BCUT2D eigenvalue weighted by molar-refractivity contribution is 5.97. The van der Waals surface area contributed by atoms with Crippen molar-refractivity contribution in [2.24, 2.45) is 23.2 Å². The smallest absolute Gasteiger partial charge is 0.308 e. The molecule has 4 fully saturated rings. The summed E-state index contributed by atoms with van der Waals surface area (Å²) in [7, 11) is 0. The van der Waals surface area contributed by atoms with E-state index in [0.29, 0.717) is 29.0 Å².